The van der Waals surface area contributed by atoms with Crippen molar-refractivity contribution in [3.63, 3.8) is 0 Å². The van der Waals surface area contributed by atoms with Gasteiger partial charge >= 0.3 is 0 Å². The SMILES string of the molecule is C=C(N=C(NC(=O)CN)SC)c1cccc(C)c1. The van der Waals surface area contributed by atoms with Crippen molar-refractivity contribution in [3.8, 4) is 0 Å². The van der Waals surface area contributed by atoms with Crippen molar-refractivity contribution >= 4 is 28.5 Å². The molecule has 3 N–H and O–H groups in total. The summed E-state index contributed by atoms with van der Waals surface area (Å²) in [6.45, 7) is 5.85. The second kappa shape index (κ2) is 6.98. The highest BCUT2D eigenvalue weighted by atomic mass is 32.2. The van der Waals surface area contributed by atoms with Gasteiger partial charge in [0.05, 0.1) is 12.2 Å². The quantitative estimate of drug-likeness (QED) is 0.645. The zero-order valence-electron chi connectivity index (χ0n) is 10.6. The molecule has 0 aliphatic heterocycles. The van der Waals surface area contributed by atoms with Crippen LogP contribution in [0.3, 0.4) is 0 Å². The van der Waals surface area contributed by atoms with E-state index in [0.29, 0.717) is 10.9 Å². The number of amides is 1. The van der Waals surface area contributed by atoms with Gasteiger partial charge in [0.15, 0.2) is 5.17 Å². The molecule has 4 nitrogen and oxygen atoms in total. The van der Waals surface area contributed by atoms with E-state index in [9.17, 15) is 4.79 Å². The van der Waals surface area contributed by atoms with E-state index in [1.54, 1.807) is 0 Å². The predicted molar refractivity (Wildman–Crippen MR) is 78.4 cm³/mol. The summed E-state index contributed by atoms with van der Waals surface area (Å²) < 4.78 is 0. The second-order valence-corrected chi connectivity index (χ2v) is 4.48. The summed E-state index contributed by atoms with van der Waals surface area (Å²) in [4.78, 5) is 15.5. The van der Waals surface area contributed by atoms with Crippen molar-refractivity contribution in [1.29, 1.82) is 0 Å². The molecule has 0 radical (unpaired) electrons. The number of aliphatic imine (C=N–C) groups is 1. The van der Waals surface area contributed by atoms with Crippen LogP contribution in [0.5, 0.6) is 0 Å². The summed E-state index contributed by atoms with van der Waals surface area (Å²) in [6.07, 6.45) is 1.83. The minimum absolute atomic E-state index is 0.0590. The van der Waals surface area contributed by atoms with Crippen LogP contribution in [0, 0.1) is 6.92 Å². The Morgan fingerprint density at radius 1 is 1.56 bits per heavy atom. The topological polar surface area (TPSA) is 67.5 Å². The number of nitrogens with one attached hydrogen (secondary N) is 1. The summed E-state index contributed by atoms with van der Waals surface area (Å²) >= 11 is 1.34. The molecule has 0 heterocycles. The van der Waals surface area contributed by atoms with Gasteiger partial charge in [0.2, 0.25) is 5.91 Å². The van der Waals surface area contributed by atoms with Gasteiger partial charge in [-0.15, -0.1) is 0 Å². The molecule has 96 valence electrons. The van der Waals surface area contributed by atoms with Gasteiger partial charge in [0.1, 0.15) is 0 Å². The first-order chi connectivity index (χ1) is 8.56. The Hall–Kier alpha value is -1.59. The molecular weight excluding hydrogens is 246 g/mol. The van der Waals surface area contributed by atoms with Gasteiger partial charge in [-0.25, -0.2) is 4.99 Å². The average Bonchev–Trinajstić information content (AvgIpc) is 2.37. The molecule has 0 bridgehead atoms. The van der Waals surface area contributed by atoms with Gasteiger partial charge in [-0.05, 0) is 24.8 Å². The van der Waals surface area contributed by atoms with Gasteiger partial charge in [0.25, 0.3) is 0 Å². The number of thioether (sulfide) groups is 1. The molecule has 0 fully saturated rings. The second-order valence-electron chi connectivity index (χ2n) is 3.69. The number of aryl methyl sites for hydroxylation is 1. The van der Waals surface area contributed by atoms with Crippen molar-refractivity contribution in [2.24, 2.45) is 10.7 Å². The number of carbonyl (C=O) groups excluding carboxylic acids is 1. The molecule has 0 saturated heterocycles. The number of rotatable bonds is 3. The van der Waals surface area contributed by atoms with Crippen LogP contribution in [0.1, 0.15) is 11.1 Å². The summed E-state index contributed by atoms with van der Waals surface area (Å²) in [6, 6.07) is 7.88. The lowest BCUT2D eigenvalue weighted by molar-refractivity contribution is -0.118. The first-order valence-corrected chi connectivity index (χ1v) is 6.68. The number of amidine groups is 1. The maximum absolute atomic E-state index is 11.2. The monoisotopic (exact) mass is 263 g/mol. The zero-order chi connectivity index (χ0) is 13.5. The maximum atomic E-state index is 11.2. The molecule has 1 aromatic rings. The van der Waals surface area contributed by atoms with Crippen LogP contribution in [0.15, 0.2) is 35.8 Å². The van der Waals surface area contributed by atoms with Gasteiger partial charge < -0.3 is 11.1 Å². The van der Waals surface area contributed by atoms with E-state index in [1.165, 1.54) is 11.8 Å². The van der Waals surface area contributed by atoms with E-state index < -0.39 is 0 Å². The first-order valence-electron chi connectivity index (χ1n) is 5.45. The highest BCUT2D eigenvalue weighted by molar-refractivity contribution is 8.13. The molecule has 0 atom stereocenters. The minimum atomic E-state index is -0.264. The van der Waals surface area contributed by atoms with Crippen molar-refractivity contribution in [3.05, 3.63) is 42.0 Å². The van der Waals surface area contributed by atoms with Crippen LogP contribution in [-0.2, 0) is 4.79 Å². The number of nitrogens with zero attached hydrogens (tertiary/aromatic N) is 1. The number of hydrogen-bond acceptors (Lipinski definition) is 4. The lowest BCUT2D eigenvalue weighted by atomic mass is 10.1. The molecule has 0 saturated carbocycles. The fourth-order valence-electron chi connectivity index (χ4n) is 1.31. The number of benzene rings is 1. The van der Waals surface area contributed by atoms with E-state index >= 15 is 0 Å². The van der Waals surface area contributed by atoms with Gasteiger partial charge in [-0.2, -0.15) is 0 Å². The largest absolute Gasteiger partial charge is 0.322 e. The Kier molecular flexibility index (Phi) is 5.61. The average molecular weight is 263 g/mol. The maximum Gasteiger partial charge on any atom is 0.239 e. The van der Waals surface area contributed by atoms with E-state index in [4.69, 9.17) is 5.73 Å². The van der Waals surface area contributed by atoms with Gasteiger partial charge in [0, 0.05) is 0 Å². The van der Waals surface area contributed by atoms with Crippen LogP contribution < -0.4 is 11.1 Å². The van der Waals surface area contributed by atoms with Gasteiger partial charge in [-0.3, -0.25) is 4.79 Å². The lowest BCUT2D eigenvalue weighted by Gasteiger charge is -2.07. The first kappa shape index (κ1) is 14.5. The smallest absolute Gasteiger partial charge is 0.239 e. The number of carbonyl (C=O) groups is 1. The molecule has 1 rings (SSSR count). The zero-order valence-corrected chi connectivity index (χ0v) is 11.4. The van der Waals surface area contributed by atoms with Crippen molar-refractivity contribution < 1.29 is 4.79 Å². The van der Waals surface area contributed by atoms with E-state index in [1.807, 2.05) is 37.4 Å². The Labute approximate surface area is 111 Å². The summed E-state index contributed by atoms with van der Waals surface area (Å²) in [7, 11) is 0. The minimum Gasteiger partial charge on any atom is -0.322 e. The highest BCUT2D eigenvalue weighted by Crippen LogP contribution is 2.16. The molecular formula is C13H17N3OS. The van der Waals surface area contributed by atoms with Crippen LogP contribution in [0.25, 0.3) is 5.70 Å². The summed E-state index contributed by atoms with van der Waals surface area (Å²) in [5.74, 6) is -0.264. The highest BCUT2D eigenvalue weighted by Gasteiger charge is 2.04. The molecule has 5 heteroatoms. The van der Waals surface area contributed by atoms with Crippen LogP contribution in [0.2, 0.25) is 0 Å². The van der Waals surface area contributed by atoms with Crippen molar-refractivity contribution in [1.82, 2.24) is 5.32 Å². The molecule has 0 aliphatic rings. The number of nitrogens with two attached hydrogens (primary N) is 1. The Balaban J connectivity index is 2.86. The van der Waals surface area contributed by atoms with Gasteiger partial charge in [-0.1, -0.05) is 42.1 Å². The molecule has 18 heavy (non-hydrogen) atoms. The van der Waals surface area contributed by atoms with E-state index in [-0.39, 0.29) is 12.5 Å². The van der Waals surface area contributed by atoms with Crippen molar-refractivity contribution in [2.45, 2.75) is 6.92 Å². The number of hydrogen-bond donors (Lipinski definition) is 2. The Bertz CT molecular complexity index is 483. The third kappa shape index (κ3) is 4.35. The molecule has 0 aromatic heterocycles. The molecule has 1 aromatic carbocycles. The third-order valence-corrected chi connectivity index (χ3v) is 2.79. The van der Waals surface area contributed by atoms with Crippen molar-refractivity contribution in [2.75, 3.05) is 12.8 Å². The summed E-state index contributed by atoms with van der Waals surface area (Å²) in [5, 5.41) is 3.12. The Morgan fingerprint density at radius 2 is 2.28 bits per heavy atom. The molecule has 0 aliphatic carbocycles. The van der Waals surface area contributed by atoms with Crippen LogP contribution in [-0.4, -0.2) is 23.9 Å². The normalized spacial score (nSPS) is 11.2. The fourth-order valence-corrected chi connectivity index (χ4v) is 1.72. The van der Waals surface area contributed by atoms with E-state index in [2.05, 4.69) is 16.9 Å². The molecule has 0 unspecified atom stereocenters. The molecule has 1 amide bonds. The predicted octanol–water partition coefficient (Wildman–Crippen LogP) is 1.76. The van der Waals surface area contributed by atoms with Crippen LogP contribution >= 0.6 is 11.8 Å². The summed E-state index contributed by atoms with van der Waals surface area (Å²) in [5.41, 5.74) is 7.92. The van der Waals surface area contributed by atoms with E-state index in [0.717, 1.165) is 11.1 Å². The fraction of sp³-hybridized carbons (Fsp3) is 0.231. The third-order valence-electron chi connectivity index (χ3n) is 2.21. The lowest BCUT2D eigenvalue weighted by Crippen LogP contribution is -2.33. The van der Waals surface area contributed by atoms with Crippen LogP contribution in [0.4, 0.5) is 0 Å². The Morgan fingerprint density at radius 3 is 2.83 bits per heavy atom. The molecule has 0 spiro atoms. The standard InChI is InChI=1S/C13H17N3OS/c1-9-5-4-6-11(7-9)10(2)15-13(18-3)16-12(17)8-14/h4-7H,2,8,14H2,1,3H3,(H,15,16,17).